The van der Waals surface area contributed by atoms with Crippen LogP contribution in [0, 0.1) is 0 Å². The van der Waals surface area contributed by atoms with E-state index >= 15 is 0 Å². The van der Waals surface area contributed by atoms with Gasteiger partial charge in [-0.3, -0.25) is 0 Å². The van der Waals surface area contributed by atoms with Crippen LogP contribution in [0.1, 0.15) is 6.42 Å². The Bertz CT molecular complexity index is 551. The molecule has 0 saturated heterocycles. The molecule has 5 heteroatoms. The van der Waals surface area contributed by atoms with Crippen molar-refractivity contribution in [2.45, 2.75) is 6.42 Å². The van der Waals surface area contributed by atoms with Crippen LogP contribution in [0.5, 0.6) is 5.75 Å². The van der Waals surface area contributed by atoms with E-state index in [0.717, 1.165) is 36.3 Å². The molecular formula is C16H21BrClNO2. The molecule has 1 N–H and O–H groups in total. The van der Waals surface area contributed by atoms with E-state index in [9.17, 15) is 0 Å². The minimum Gasteiger partial charge on any atom is -0.491 e. The molecule has 2 aromatic carbocycles. The molecule has 2 aromatic rings. The molecule has 0 aliphatic rings. The Morgan fingerprint density at radius 3 is 2.67 bits per heavy atom. The Kier molecular flexibility index (Phi) is 8.69. The fourth-order valence-electron chi connectivity index (χ4n) is 2.02. The van der Waals surface area contributed by atoms with E-state index in [1.807, 2.05) is 18.2 Å². The third kappa shape index (κ3) is 5.47. The highest BCUT2D eigenvalue weighted by Gasteiger charge is 2.05. The zero-order chi connectivity index (χ0) is 14.2. The lowest BCUT2D eigenvalue weighted by Crippen LogP contribution is -2.22. The zero-order valence-electron chi connectivity index (χ0n) is 12.1. The molecule has 0 aromatic heterocycles. The summed E-state index contributed by atoms with van der Waals surface area (Å²) in [7, 11) is 1.72. The lowest BCUT2D eigenvalue weighted by molar-refractivity contribution is 0.193. The average molecular weight is 375 g/mol. The number of methoxy groups -OCH3 is 1. The molecule has 0 unspecified atom stereocenters. The van der Waals surface area contributed by atoms with E-state index in [4.69, 9.17) is 9.47 Å². The first-order chi connectivity index (χ1) is 9.83. The van der Waals surface area contributed by atoms with Crippen molar-refractivity contribution in [3.05, 3.63) is 40.9 Å². The predicted octanol–water partition coefficient (Wildman–Crippen LogP) is 4.03. The molecule has 0 spiro atoms. The fourth-order valence-corrected chi connectivity index (χ4v) is 2.63. The molecule has 0 radical (unpaired) electrons. The van der Waals surface area contributed by atoms with E-state index in [-0.39, 0.29) is 12.4 Å². The van der Waals surface area contributed by atoms with Crippen LogP contribution in [0.4, 0.5) is 0 Å². The maximum Gasteiger partial charge on any atom is 0.134 e. The highest BCUT2D eigenvalue weighted by Crippen LogP contribution is 2.32. The van der Waals surface area contributed by atoms with Crippen LogP contribution >= 0.6 is 28.3 Å². The number of benzene rings is 2. The van der Waals surface area contributed by atoms with Crippen molar-refractivity contribution in [2.75, 3.05) is 33.4 Å². The zero-order valence-corrected chi connectivity index (χ0v) is 14.5. The summed E-state index contributed by atoms with van der Waals surface area (Å²) >= 11 is 3.62. The summed E-state index contributed by atoms with van der Waals surface area (Å²) in [6, 6.07) is 12.4. The van der Waals surface area contributed by atoms with Gasteiger partial charge in [0.2, 0.25) is 0 Å². The molecular weight excluding hydrogens is 354 g/mol. The summed E-state index contributed by atoms with van der Waals surface area (Å²) < 4.78 is 11.8. The number of rotatable bonds is 8. The van der Waals surface area contributed by atoms with Gasteiger partial charge in [0.15, 0.2) is 0 Å². The van der Waals surface area contributed by atoms with Gasteiger partial charge in [0, 0.05) is 20.3 Å². The van der Waals surface area contributed by atoms with E-state index < -0.39 is 0 Å². The molecule has 3 nitrogen and oxygen atoms in total. The Morgan fingerprint density at radius 1 is 1.05 bits per heavy atom. The van der Waals surface area contributed by atoms with Crippen molar-refractivity contribution >= 4 is 39.1 Å². The SMILES string of the molecule is COCCCNCCOc1ccc2ccccc2c1Br.Cl. The summed E-state index contributed by atoms with van der Waals surface area (Å²) in [5.41, 5.74) is 0. The second-order valence-corrected chi connectivity index (χ2v) is 5.34. The van der Waals surface area contributed by atoms with Gasteiger partial charge in [0.05, 0.1) is 4.47 Å². The van der Waals surface area contributed by atoms with Gasteiger partial charge < -0.3 is 14.8 Å². The second kappa shape index (κ2) is 10.0. The van der Waals surface area contributed by atoms with Crippen molar-refractivity contribution < 1.29 is 9.47 Å². The minimum absolute atomic E-state index is 0. The van der Waals surface area contributed by atoms with Crippen molar-refractivity contribution in [1.82, 2.24) is 5.32 Å². The van der Waals surface area contributed by atoms with Gasteiger partial charge in [-0.15, -0.1) is 12.4 Å². The lowest BCUT2D eigenvalue weighted by Gasteiger charge is -2.11. The Labute approximate surface area is 140 Å². The van der Waals surface area contributed by atoms with Crippen LogP contribution in [0.15, 0.2) is 40.9 Å². The highest BCUT2D eigenvalue weighted by molar-refractivity contribution is 9.10. The molecule has 116 valence electrons. The monoisotopic (exact) mass is 373 g/mol. The van der Waals surface area contributed by atoms with E-state index in [1.54, 1.807) is 7.11 Å². The van der Waals surface area contributed by atoms with Gasteiger partial charge >= 0.3 is 0 Å². The molecule has 0 amide bonds. The lowest BCUT2D eigenvalue weighted by atomic mass is 10.1. The van der Waals surface area contributed by atoms with Gasteiger partial charge in [-0.1, -0.05) is 30.3 Å². The van der Waals surface area contributed by atoms with E-state index in [1.165, 1.54) is 10.8 Å². The normalized spacial score (nSPS) is 10.4. The molecule has 2 rings (SSSR count). The van der Waals surface area contributed by atoms with E-state index in [0.29, 0.717) is 6.61 Å². The topological polar surface area (TPSA) is 30.5 Å². The second-order valence-electron chi connectivity index (χ2n) is 4.54. The van der Waals surface area contributed by atoms with Gasteiger partial charge in [0.1, 0.15) is 12.4 Å². The molecule has 0 aliphatic carbocycles. The number of fused-ring (bicyclic) bond motifs is 1. The Balaban J connectivity index is 0.00000220. The summed E-state index contributed by atoms with van der Waals surface area (Å²) in [6.07, 6.45) is 1.02. The molecule has 0 saturated carbocycles. The Morgan fingerprint density at radius 2 is 1.86 bits per heavy atom. The van der Waals surface area contributed by atoms with Gasteiger partial charge in [-0.05, 0) is 45.7 Å². The first-order valence-corrected chi connectivity index (χ1v) is 7.62. The van der Waals surface area contributed by atoms with Crippen molar-refractivity contribution in [3.63, 3.8) is 0 Å². The number of hydrogen-bond donors (Lipinski definition) is 1. The van der Waals surface area contributed by atoms with Crippen molar-refractivity contribution in [2.24, 2.45) is 0 Å². The highest BCUT2D eigenvalue weighted by atomic mass is 79.9. The van der Waals surface area contributed by atoms with Crippen LogP contribution in [0.2, 0.25) is 0 Å². The molecule has 21 heavy (non-hydrogen) atoms. The van der Waals surface area contributed by atoms with Crippen LogP contribution in [0.25, 0.3) is 10.8 Å². The van der Waals surface area contributed by atoms with Crippen LogP contribution < -0.4 is 10.1 Å². The van der Waals surface area contributed by atoms with E-state index in [2.05, 4.69) is 39.4 Å². The maximum absolute atomic E-state index is 5.81. The first kappa shape index (κ1) is 18.2. The maximum atomic E-state index is 5.81. The van der Waals surface area contributed by atoms with Crippen LogP contribution in [-0.4, -0.2) is 33.4 Å². The first-order valence-electron chi connectivity index (χ1n) is 6.82. The van der Waals surface area contributed by atoms with Gasteiger partial charge in [-0.2, -0.15) is 0 Å². The third-order valence-corrected chi connectivity index (χ3v) is 3.88. The summed E-state index contributed by atoms with van der Waals surface area (Å²) in [6.45, 7) is 3.24. The summed E-state index contributed by atoms with van der Waals surface area (Å²) in [5, 5.41) is 5.72. The van der Waals surface area contributed by atoms with Crippen LogP contribution in [-0.2, 0) is 4.74 Å². The third-order valence-electron chi connectivity index (χ3n) is 3.07. The quantitative estimate of drug-likeness (QED) is 0.708. The van der Waals surface area contributed by atoms with Crippen LogP contribution in [0.3, 0.4) is 0 Å². The predicted molar refractivity (Wildman–Crippen MR) is 93.8 cm³/mol. The number of nitrogens with one attached hydrogen (secondary N) is 1. The summed E-state index contributed by atoms with van der Waals surface area (Å²) in [4.78, 5) is 0. The molecule has 0 atom stereocenters. The Hall–Kier alpha value is -0.810. The fraction of sp³-hybridized carbons (Fsp3) is 0.375. The minimum atomic E-state index is 0. The average Bonchev–Trinajstić information content (AvgIpc) is 2.49. The standard InChI is InChI=1S/C16H20BrNO2.ClH/c1-19-11-4-9-18-10-12-20-15-8-7-13-5-2-3-6-14(13)16(15)17;/h2-3,5-8,18H,4,9-12H2,1H3;1H. The van der Waals surface area contributed by atoms with Gasteiger partial charge in [-0.25, -0.2) is 0 Å². The number of ether oxygens (including phenoxy) is 2. The van der Waals surface area contributed by atoms with Crippen molar-refractivity contribution in [1.29, 1.82) is 0 Å². The van der Waals surface area contributed by atoms with Gasteiger partial charge in [0.25, 0.3) is 0 Å². The molecule has 0 heterocycles. The van der Waals surface area contributed by atoms with Crippen molar-refractivity contribution in [3.8, 4) is 5.75 Å². The molecule has 0 fully saturated rings. The molecule has 0 aliphatic heterocycles. The number of halogens is 2. The largest absolute Gasteiger partial charge is 0.491 e. The smallest absolute Gasteiger partial charge is 0.134 e. The summed E-state index contributed by atoms with van der Waals surface area (Å²) in [5.74, 6) is 0.891. The molecule has 0 bridgehead atoms. The number of hydrogen-bond acceptors (Lipinski definition) is 3.